The molecule has 0 N–H and O–H groups in total. The van der Waals surface area contributed by atoms with E-state index in [4.69, 9.17) is 5.10 Å². The van der Waals surface area contributed by atoms with Crippen molar-refractivity contribution in [1.29, 1.82) is 0 Å². The number of nitrogens with zero attached hydrogens (tertiary/aromatic N) is 3. The maximum atomic E-state index is 5.01. The number of aryl methyl sites for hydroxylation is 2. The van der Waals surface area contributed by atoms with Crippen molar-refractivity contribution in [3.8, 4) is 11.3 Å². The summed E-state index contributed by atoms with van der Waals surface area (Å²) < 4.78 is 2.07. The zero-order chi connectivity index (χ0) is 17.1. The molecule has 1 aromatic heterocycles. The van der Waals surface area contributed by atoms with Gasteiger partial charge in [0.25, 0.3) is 0 Å². The normalized spacial score (nSPS) is 18.9. The van der Waals surface area contributed by atoms with Crippen molar-refractivity contribution in [2.75, 3.05) is 6.54 Å². The van der Waals surface area contributed by atoms with E-state index in [-0.39, 0.29) is 0 Å². The Morgan fingerprint density at radius 2 is 1.92 bits per heavy atom. The molecule has 1 aliphatic carbocycles. The average molecular weight is 342 g/mol. The SMILES string of the molecule is CCN=c1scc(-c2ccc(C)c(C)c2)n1N=C1CCC(C)CC1. The molecule has 0 atom stereocenters. The number of rotatable bonds is 3. The molecule has 0 aliphatic heterocycles. The Morgan fingerprint density at radius 3 is 2.58 bits per heavy atom. The highest BCUT2D eigenvalue weighted by Crippen LogP contribution is 2.25. The average Bonchev–Trinajstić information content (AvgIpc) is 2.95. The van der Waals surface area contributed by atoms with Gasteiger partial charge in [0.05, 0.1) is 5.69 Å². The van der Waals surface area contributed by atoms with Gasteiger partial charge < -0.3 is 0 Å². The Hall–Kier alpha value is -1.68. The van der Waals surface area contributed by atoms with Crippen LogP contribution < -0.4 is 4.80 Å². The van der Waals surface area contributed by atoms with E-state index in [0.29, 0.717) is 0 Å². The molecule has 0 amide bonds. The minimum Gasteiger partial charge on any atom is -0.258 e. The first-order valence-electron chi connectivity index (χ1n) is 8.94. The van der Waals surface area contributed by atoms with Crippen LogP contribution in [0.2, 0.25) is 0 Å². The summed E-state index contributed by atoms with van der Waals surface area (Å²) in [6.45, 7) is 9.53. The third-order valence-electron chi connectivity index (χ3n) is 4.87. The maximum Gasteiger partial charge on any atom is 0.206 e. The summed E-state index contributed by atoms with van der Waals surface area (Å²) in [7, 11) is 0. The Labute approximate surface area is 148 Å². The van der Waals surface area contributed by atoms with Crippen molar-refractivity contribution in [2.24, 2.45) is 16.0 Å². The number of benzene rings is 1. The number of thiazole rings is 1. The second-order valence-electron chi connectivity index (χ2n) is 6.84. The van der Waals surface area contributed by atoms with Gasteiger partial charge in [-0.2, -0.15) is 5.10 Å². The van der Waals surface area contributed by atoms with Crippen LogP contribution in [0, 0.1) is 19.8 Å². The van der Waals surface area contributed by atoms with E-state index in [2.05, 4.69) is 60.9 Å². The van der Waals surface area contributed by atoms with Gasteiger partial charge in [-0.25, -0.2) is 4.68 Å². The van der Waals surface area contributed by atoms with Crippen molar-refractivity contribution in [1.82, 2.24) is 4.68 Å². The first-order chi connectivity index (χ1) is 11.6. The van der Waals surface area contributed by atoms with Gasteiger partial charge in [-0.3, -0.25) is 4.99 Å². The van der Waals surface area contributed by atoms with Crippen LogP contribution in [-0.4, -0.2) is 16.9 Å². The summed E-state index contributed by atoms with van der Waals surface area (Å²) in [4.78, 5) is 5.64. The molecule has 2 aromatic rings. The van der Waals surface area contributed by atoms with Gasteiger partial charge in [-0.05, 0) is 69.6 Å². The van der Waals surface area contributed by atoms with Gasteiger partial charge in [-0.1, -0.05) is 19.1 Å². The minimum atomic E-state index is 0.786. The highest BCUT2D eigenvalue weighted by Gasteiger charge is 2.15. The predicted octanol–water partition coefficient (Wildman–Crippen LogP) is 5.17. The molecule has 1 aromatic carbocycles. The van der Waals surface area contributed by atoms with E-state index in [0.717, 1.165) is 35.8 Å². The summed E-state index contributed by atoms with van der Waals surface area (Å²) in [6.07, 6.45) is 4.73. The van der Waals surface area contributed by atoms with Crippen LogP contribution in [0.15, 0.2) is 33.7 Å². The van der Waals surface area contributed by atoms with Gasteiger partial charge >= 0.3 is 0 Å². The van der Waals surface area contributed by atoms with Gasteiger partial charge in [0.2, 0.25) is 4.80 Å². The Balaban J connectivity index is 2.06. The topological polar surface area (TPSA) is 29.6 Å². The predicted molar refractivity (Wildman–Crippen MR) is 104 cm³/mol. The van der Waals surface area contributed by atoms with Crippen molar-refractivity contribution in [3.63, 3.8) is 0 Å². The molecule has 0 saturated heterocycles. The van der Waals surface area contributed by atoms with Crippen molar-refractivity contribution in [3.05, 3.63) is 39.5 Å². The van der Waals surface area contributed by atoms with Crippen LogP contribution in [0.5, 0.6) is 0 Å². The van der Waals surface area contributed by atoms with E-state index in [1.807, 2.05) is 0 Å². The summed E-state index contributed by atoms with van der Waals surface area (Å²) in [5.41, 5.74) is 6.33. The second kappa shape index (κ2) is 7.47. The smallest absolute Gasteiger partial charge is 0.206 e. The number of hydrogen-bond donors (Lipinski definition) is 0. The Bertz CT molecular complexity index is 801. The minimum absolute atomic E-state index is 0.786. The molecule has 3 rings (SSSR count). The lowest BCUT2D eigenvalue weighted by Crippen LogP contribution is -2.18. The number of hydrogen-bond acceptors (Lipinski definition) is 3. The van der Waals surface area contributed by atoms with Crippen LogP contribution >= 0.6 is 11.3 Å². The molecule has 0 bridgehead atoms. The largest absolute Gasteiger partial charge is 0.258 e. The lowest BCUT2D eigenvalue weighted by molar-refractivity contribution is 0.481. The summed E-state index contributed by atoms with van der Waals surface area (Å²) in [5.74, 6) is 0.829. The molecule has 1 heterocycles. The molecule has 0 radical (unpaired) electrons. The summed E-state index contributed by atoms with van der Waals surface area (Å²) in [6, 6.07) is 6.64. The van der Waals surface area contributed by atoms with Crippen molar-refractivity contribution in [2.45, 2.75) is 53.4 Å². The van der Waals surface area contributed by atoms with Gasteiger partial charge in [-0.15, -0.1) is 11.3 Å². The molecular formula is C20H27N3S. The van der Waals surface area contributed by atoms with Crippen LogP contribution in [-0.2, 0) is 0 Å². The number of aromatic nitrogens is 1. The maximum absolute atomic E-state index is 5.01. The highest BCUT2D eigenvalue weighted by molar-refractivity contribution is 7.07. The third kappa shape index (κ3) is 3.69. The fourth-order valence-electron chi connectivity index (χ4n) is 3.08. The molecule has 24 heavy (non-hydrogen) atoms. The molecule has 1 fully saturated rings. The standard InChI is InChI=1S/C20H27N3S/c1-5-21-20-23(22-18-10-6-14(2)7-11-18)19(13-24-20)17-9-8-15(3)16(4)12-17/h8-9,12-14H,5-7,10-11H2,1-4H3. The van der Waals surface area contributed by atoms with Crippen LogP contribution in [0.1, 0.15) is 50.7 Å². The van der Waals surface area contributed by atoms with Gasteiger partial charge in [0.15, 0.2) is 0 Å². The van der Waals surface area contributed by atoms with E-state index < -0.39 is 0 Å². The zero-order valence-corrected chi connectivity index (χ0v) is 16.0. The Morgan fingerprint density at radius 1 is 1.17 bits per heavy atom. The van der Waals surface area contributed by atoms with E-state index in [9.17, 15) is 0 Å². The van der Waals surface area contributed by atoms with E-state index >= 15 is 0 Å². The lowest BCUT2D eigenvalue weighted by atomic mass is 9.90. The van der Waals surface area contributed by atoms with Crippen molar-refractivity contribution >= 4 is 17.0 Å². The fourth-order valence-corrected chi connectivity index (χ4v) is 3.97. The first kappa shape index (κ1) is 17.2. The zero-order valence-electron chi connectivity index (χ0n) is 15.2. The molecule has 0 unspecified atom stereocenters. The summed E-state index contributed by atoms with van der Waals surface area (Å²) >= 11 is 1.68. The van der Waals surface area contributed by atoms with Gasteiger partial charge in [0.1, 0.15) is 0 Å². The molecule has 1 aliphatic rings. The summed E-state index contributed by atoms with van der Waals surface area (Å²) in [5, 5.41) is 7.20. The van der Waals surface area contributed by atoms with Crippen molar-refractivity contribution < 1.29 is 0 Å². The molecule has 128 valence electrons. The third-order valence-corrected chi connectivity index (χ3v) is 5.73. The van der Waals surface area contributed by atoms with E-state index in [1.165, 1.54) is 35.2 Å². The first-order valence-corrected chi connectivity index (χ1v) is 9.81. The van der Waals surface area contributed by atoms with Gasteiger partial charge in [0, 0.05) is 23.2 Å². The van der Waals surface area contributed by atoms with Crippen LogP contribution in [0.4, 0.5) is 0 Å². The monoisotopic (exact) mass is 341 g/mol. The molecule has 1 saturated carbocycles. The molecule has 3 nitrogen and oxygen atoms in total. The Kier molecular flexibility index (Phi) is 5.34. The lowest BCUT2D eigenvalue weighted by Gasteiger charge is -2.19. The highest BCUT2D eigenvalue weighted by atomic mass is 32.1. The van der Waals surface area contributed by atoms with Crippen LogP contribution in [0.25, 0.3) is 11.3 Å². The fraction of sp³-hybridized carbons (Fsp3) is 0.500. The van der Waals surface area contributed by atoms with E-state index in [1.54, 1.807) is 11.3 Å². The van der Waals surface area contributed by atoms with Crippen LogP contribution in [0.3, 0.4) is 0 Å². The quantitative estimate of drug-likeness (QED) is 0.737. The molecule has 4 heteroatoms. The second-order valence-corrected chi connectivity index (χ2v) is 7.67. The molecular weight excluding hydrogens is 314 g/mol. The molecule has 0 spiro atoms.